The highest BCUT2D eigenvalue weighted by atomic mass is 32.2. The van der Waals surface area contributed by atoms with E-state index in [0.29, 0.717) is 19.0 Å². The molecule has 21 heavy (non-hydrogen) atoms. The van der Waals surface area contributed by atoms with Gasteiger partial charge in [0.15, 0.2) is 0 Å². The molecule has 4 bridgehead atoms. The summed E-state index contributed by atoms with van der Waals surface area (Å²) in [6, 6.07) is 0. The van der Waals surface area contributed by atoms with Crippen molar-refractivity contribution in [2.75, 3.05) is 13.1 Å². The highest BCUT2D eigenvalue weighted by Gasteiger charge is 2.52. The predicted octanol–water partition coefficient (Wildman–Crippen LogP) is 2.52. The smallest absolute Gasteiger partial charge is 0.196 e. The van der Waals surface area contributed by atoms with E-state index in [9.17, 15) is 8.42 Å². The van der Waals surface area contributed by atoms with Crippen molar-refractivity contribution in [1.29, 1.82) is 0 Å². The minimum atomic E-state index is -3.29. The Kier molecular flexibility index (Phi) is 3.40. The molecule has 0 atom stereocenters. The molecule has 0 spiro atoms. The second kappa shape index (κ2) is 4.93. The van der Waals surface area contributed by atoms with Gasteiger partial charge in [-0.1, -0.05) is 6.92 Å². The first kappa shape index (κ1) is 14.5. The average molecular weight is 312 g/mol. The van der Waals surface area contributed by atoms with E-state index < -0.39 is 10.2 Å². The first-order chi connectivity index (χ1) is 9.94. The zero-order valence-electron chi connectivity index (χ0n) is 13.1. The van der Waals surface area contributed by atoms with Crippen LogP contribution in [0, 0.1) is 23.7 Å². The van der Waals surface area contributed by atoms with Crippen LogP contribution in [0.1, 0.15) is 58.3 Å². The maximum Gasteiger partial charge on any atom is 0.279 e. The van der Waals surface area contributed by atoms with E-state index in [1.807, 2.05) is 0 Å². The predicted molar refractivity (Wildman–Crippen MR) is 82.9 cm³/mol. The second-order valence-electron chi connectivity index (χ2n) is 8.39. The topological polar surface area (TPSA) is 49.4 Å². The summed E-state index contributed by atoms with van der Waals surface area (Å²) in [7, 11) is -3.29. The lowest BCUT2D eigenvalue weighted by atomic mass is 9.53. The normalized spacial score (nSPS) is 44.3. The number of hydrogen-bond donors (Lipinski definition) is 1. The summed E-state index contributed by atoms with van der Waals surface area (Å²) in [6.45, 7) is 3.61. The van der Waals surface area contributed by atoms with Gasteiger partial charge in [0.05, 0.1) is 0 Å². The lowest BCUT2D eigenvalue weighted by Crippen LogP contribution is -2.62. The highest BCUT2D eigenvalue weighted by molar-refractivity contribution is 7.87. The summed E-state index contributed by atoms with van der Waals surface area (Å²) in [6.07, 6.45) is 9.31. The molecule has 4 aliphatic carbocycles. The van der Waals surface area contributed by atoms with Gasteiger partial charge in [0.25, 0.3) is 10.2 Å². The van der Waals surface area contributed by atoms with E-state index in [4.69, 9.17) is 0 Å². The van der Waals surface area contributed by atoms with Crippen LogP contribution in [0.3, 0.4) is 0 Å². The van der Waals surface area contributed by atoms with Crippen LogP contribution in [0.2, 0.25) is 0 Å². The first-order valence-electron chi connectivity index (χ1n) is 8.73. The van der Waals surface area contributed by atoms with Crippen LogP contribution in [0.15, 0.2) is 0 Å². The fraction of sp³-hybridized carbons (Fsp3) is 1.00. The van der Waals surface area contributed by atoms with Gasteiger partial charge < -0.3 is 0 Å². The Balaban J connectivity index is 1.50. The summed E-state index contributed by atoms with van der Waals surface area (Å²) in [5.41, 5.74) is -0.101. The third-order valence-corrected chi connectivity index (χ3v) is 8.20. The van der Waals surface area contributed by atoms with Gasteiger partial charge in [0.2, 0.25) is 0 Å². The maximum absolute atomic E-state index is 12.8. The molecular formula is C16H28N2O2S. The number of hydrogen-bond acceptors (Lipinski definition) is 2. The summed E-state index contributed by atoms with van der Waals surface area (Å²) in [5.74, 6) is 3.00. The molecule has 0 aromatic rings. The van der Waals surface area contributed by atoms with Gasteiger partial charge in [-0.2, -0.15) is 17.4 Å². The molecule has 1 N–H and O–H groups in total. The Hall–Kier alpha value is -0.130. The largest absolute Gasteiger partial charge is 0.279 e. The van der Waals surface area contributed by atoms with E-state index in [-0.39, 0.29) is 5.54 Å². The molecule has 4 nitrogen and oxygen atoms in total. The molecule has 120 valence electrons. The van der Waals surface area contributed by atoms with Gasteiger partial charge in [0.1, 0.15) is 0 Å². The Morgan fingerprint density at radius 3 is 1.90 bits per heavy atom. The molecule has 5 rings (SSSR count). The lowest BCUT2D eigenvalue weighted by molar-refractivity contribution is -0.00896. The van der Waals surface area contributed by atoms with Crippen molar-refractivity contribution in [3.8, 4) is 0 Å². The first-order valence-corrected chi connectivity index (χ1v) is 10.2. The number of rotatable bonds is 3. The SMILES string of the molecule is CC1CCN(S(=O)(=O)NC23CC4CC(CC(C4)C2)C3)CC1. The fourth-order valence-corrected chi connectivity index (χ4v) is 7.42. The quantitative estimate of drug-likeness (QED) is 0.870. The summed E-state index contributed by atoms with van der Waals surface area (Å²) in [4.78, 5) is 0. The molecule has 1 heterocycles. The Bertz CT molecular complexity index is 473. The van der Waals surface area contributed by atoms with Crippen molar-refractivity contribution >= 4 is 10.2 Å². The van der Waals surface area contributed by atoms with Crippen molar-refractivity contribution in [3.05, 3.63) is 0 Å². The highest BCUT2D eigenvalue weighted by Crippen LogP contribution is 2.55. The van der Waals surface area contributed by atoms with Crippen LogP contribution in [-0.2, 0) is 10.2 Å². The minimum absolute atomic E-state index is 0.101. The van der Waals surface area contributed by atoms with Crippen molar-refractivity contribution in [2.24, 2.45) is 23.7 Å². The lowest BCUT2D eigenvalue weighted by Gasteiger charge is -2.56. The van der Waals surface area contributed by atoms with Gasteiger partial charge in [-0.25, -0.2) is 0 Å². The third-order valence-electron chi connectivity index (χ3n) is 6.47. The molecule has 0 amide bonds. The third kappa shape index (κ3) is 2.66. The van der Waals surface area contributed by atoms with Gasteiger partial charge in [-0.15, -0.1) is 0 Å². The van der Waals surface area contributed by atoms with E-state index in [2.05, 4.69) is 11.6 Å². The van der Waals surface area contributed by atoms with Crippen LogP contribution in [0.4, 0.5) is 0 Å². The van der Waals surface area contributed by atoms with Crippen molar-refractivity contribution in [1.82, 2.24) is 9.03 Å². The van der Waals surface area contributed by atoms with E-state index in [0.717, 1.165) is 49.9 Å². The fourth-order valence-electron chi connectivity index (χ4n) is 5.80. The van der Waals surface area contributed by atoms with Gasteiger partial charge >= 0.3 is 0 Å². The number of nitrogens with zero attached hydrogens (tertiary/aromatic N) is 1. The minimum Gasteiger partial charge on any atom is -0.196 e. The maximum atomic E-state index is 12.8. The molecule has 1 saturated heterocycles. The Labute approximate surface area is 128 Å². The molecule has 5 fully saturated rings. The molecule has 1 aliphatic heterocycles. The van der Waals surface area contributed by atoms with E-state index in [1.54, 1.807) is 4.31 Å². The molecule has 0 unspecified atom stereocenters. The van der Waals surface area contributed by atoms with Gasteiger partial charge in [-0.3, -0.25) is 0 Å². The van der Waals surface area contributed by atoms with Crippen LogP contribution in [0.25, 0.3) is 0 Å². The summed E-state index contributed by atoms with van der Waals surface area (Å²) in [5, 5.41) is 0. The Morgan fingerprint density at radius 2 is 1.43 bits per heavy atom. The number of piperidine rings is 1. The molecular weight excluding hydrogens is 284 g/mol. The number of nitrogens with one attached hydrogen (secondary N) is 1. The molecule has 4 saturated carbocycles. The molecule has 0 aromatic heterocycles. The summed E-state index contributed by atoms with van der Waals surface area (Å²) < 4.78 is 30.5. The molecule has 0 radical (unpaired) electrons. The Morgan fingerprint density at radius 1 is 0.952 bits per heavy atom. The zero-order valence-corrected chi connectivity index (χ0v) is 13.9. The van der Waals surface area contributed by atoms with Gasteiger partial charge in [-0.05, 0) is 75.0 Å². The van der Waals surface area contributed by atoms with Crippen LogP contribution in [-0.4, -0.2) is 31.4 Å². The van der Waals surface area contributed by atoms with E-state index >= 15 is 0 Å². The molecule has 5 heteroatoms. The van der Waals surface area contributed by atoms with Crippen molar-refractivity contribution < 1.29 is 8.42 Å². The zero-order chi connectivity index (χ0) is 14.7. The van der Waals surface area contributed by atoms with Crippen molar-refractivity contribution in [3.63, 3.8) is 0 Å². The van der Waals surface area contributed by atoms with Crippen LogP contribution in [0.5, 0.6) is 0 Å². The average Bonchev–Trinajstić information content (AvgIpc) is 2.36. The molecule has 5 aliphatic rings. The van der Waals surface area contributed by atoms with Crippen LogP contribution < -0.4 is 4.72 Å². The standard InChI is InChI=1S/C16H28N2O2S/c1-12-2-4-18(5-3-12)21(19,20)17-16-9-13-6-14(10-16)8-15(7-13)11-16/h12-15,17H,2-11H2,1H3. The summed E-state index contributed by atoms with van der Waals surface area (Å²) >= 11 is 0. The monoisotopic (exact) mass is 312 g/mol. The van der Waals surface area contributed by atoms with E-state index in [1.165, 1.54) is 19.3 Å². The van der Waals surface area contributed by atoms with Gasteiger partial charge in [0, 0.05) is 18.6 Å². The van der Waals surface area contributed by atoms with Crippen LogP contribution >= 0.6 is 0 Å². The van der Waals surface area contributed by atoms with Crippen molar-refractivity contribution in [2.45, 2.75) is 63.8 Å². The molecule has 0 aromatic carbocycles. The second-order valence-corrected chi connectivity index (χ2v) is 10.1.